The smallest absolute Gasteiger partial charge is 0.326 e. The normalized spacial score (nSPS) is 14.8. The number of hydrogen-bond donors (Lipinski definition) is 31. The summed E-state index contributed by atoms with van der Waals surface area (Å²) in [4.78, 5) is 284. The number of carboxylic acids is 1. The second kappa shape index (κ2) is 65.4. The molecule has 0 spiro atoms. The van der Waals surface area contributed by atoms with E-state index in [0.717, 1.165) is 0 Å². The molecule has 37 N–H and O–H groups in total. The number of primary amides is 3. The fraction of sp³-hybridized carbons (Fsp3) is 0.656. The number of H-pyrrole nitrogens is 1. The van der Waals surface area contributed by atoms with Crippen LogP contribution in [0.5, 0.6) is 5.75 Å². The first-order valence-corrected chi connectivity index (χ1v) is 48.2. The van der Waals surface area contributed by atoms with Crippen molar-refractivity contribution in [1.82, 2.24) is 106 Å². The third-order valence-corrected chi connectivity index (χ3v) is 23.0. The van der Waals surface area contributed by atoms with Gasteiger partial charge in [0.15, 0.2) is 11.9 Å². The molecular weight excluding hydrogens is 1870 g/mol. The summed E-state index contributed by atoms with van der Waals surface area (Å²) < 4.78 is 0. The second-order valence-corrected chi connectivity index (χ2v) is 37.0. The fourth-order valence-corrected chi connectivity index (χ4v) is 14.6. The molecule has 0 aliphatic rings. The van der Waals surface area contributed by atoms with Crippen LogP contribution in [0.2, 0.25) is 0 Å². The number of carbonyl (C=O) groups excluding carboxylic acids is 19. The summed E-state index contributed by atoms with van der Waals surface area (Å²) in [6, 6.07) is -16.5. The highest BCUT2D eigenvalue weighted by atomic mass is 32.1. The van der Waals surface area contributed by atoms with Gasteiger partial charge in [0.1, 0.15) is 90.3 Å². The predicted molar refractivity (Wildman–Crippen MR) is 525 cm³/mol. The Balaban J connectivity index is 2.52. The van der Waals surface area contributed by atoms with Crippen LogP contribution in [-0.2, 0) is 109 Å². The third-order valence-electron chi connectivity index (χ3n) is 22.6. The van der Waals surface area contributed by atoms with Gasteiger partial charge >= 0.3 is 5.97 Å². The number of nitrogens with zero attached hydrogens (tertiary/aromatic N) is 1. The third kappa shape index (κ3) is 49.0. The summed E-state index contributed by atoms with van der Waals surface area (Å²) in [7, 11) is 0. The SMILES string of the molecule is CC[C@H](C)[C@H](NC(=O)[C@H](CCC(N)=O)NC(=O)CNC(=O)[C@H](CC(C)C)NC(=O)[C@H](Cc1ccc(O)cc1)NC(=O)[C@H](CCC(N)=O)NC(=O)[C@@H](N)CC(C)C)C(=O)N[C@@H](CCC(N)=O)C(=O)N[C@@H](Cc1cnc[nH]1)C(=O)N[C@H](C(=O)N[C@@H](CC(C)C)C(=O)N[C@@H](CCCNC(=N)N)C(=O)N[C@@H](CS)C(=O)NCC(=O)N[C@H](C(=O)N[C@@H](CCCNC(=N)N)C(=O)N[C@@H](CCCCN)C(=O)O)C(C)C)[C@@H](C)CC. The zero-order valence-corrected chi connectivity index (χ0v) is 83.9. The molecule has 2 aromatic rings. The van der Waals surface area contributed by atoms with Crippen LogP contribution in [0.25, 0.3) is 0 Å². The maximum atomic E-state index is 15.0. The Labute approximate surface area is 831 Å². The lowest BCUT2D eigenvalue weighted by Gasteiger charge is -2.30. The highest BCUT2D eigenvalue weighted by molar-refractivity contribution is 7.80. The number of carbonyl (C=O) groups is 20. The van der Waals surface area contributed by atoms with E-state index in [0.29, 0.717) is 18.4 Å². The number of benzene rings is 1. The number of phenols is 1. The molecule has 17 atom stereocenters. The van der Waals surface area contributed by atoms with Crippen LogP contribution in [0, 0.1) is 46.3 Å². The van der Waals surface area contributed by atoms with Crippen molar-refractivity contribution in [1.29, 1.82) is 10.8 Å². The number of nitrogens with two attached hydrogens (primary N) is 7. The molecule has 0 unspecified atom stereocenters. The number of rotatable bonds is 70. The number of carboxylic acid groups (broad SMARTS) is 1. The van der Waals surface area contributed by atoms with Gasteiger partial charge in [-0.25, -0.2) is 9.78 Å². The van der Waals surface area contributed by atoms with Gasteiger partial charge in [-0.15, -0.1) is 0 Å². The van der Waals surface area contributed by atoms with Gasteiger partial charge in [0, 0.05) is 62.8 Å². The number of aliphatic carboxylic acids is 1. The Morgan fingerprint density at radius 3 is 1.14 bits per heavy atom. The number of phenolic OH excluding ortho intramolecular Hbond substituents is 1. The average molecular weight is 2030 g/mol. The van der Waals surface area contributed by atoms with Crippen molar-refractivity contribution in [2.45, 2.75) is 302 Å². The van der Waals surface area contributed by atoms with Crippen molar-refractivity contribution in [3.63, 3.8) is 0 Å². The Morgan fingerprint density at radius 2 is 0.732 bits per heavy atom. The molecule has 51 nitrogen and oxygen atoms in total. The Hall–Kier alpha value is -13.6. The molecule has 0 fully saturated rings. The van der Waals surface area contributed by atoms with Crippen molar-refractivity contribution in [3.8, 4) is 5.75 Å². The quantitative estimate of drug-likeness (QED) is 0.0127. The van der Waals surface area contributed by atoms with E-state index in [-0.39, 0.29) is 145 Å². The average Bonchev–Trinajstić information content (AvgIpc) is 1.06. The topological polar surface area (TPSA) is 857 Å². The first-order valence-electron chi connectivity index (χ1n) is 47.6. The van der Waals surface area contributed by atoms with Crippen LogP contribution in [0.3, 0.4) is 0 Å². The maximum absolute atomic E-state index is 15.0. The van der Waals surface area contributed by atoms with Crippen LogP contribution < -0.4 is 136 Å². The van der Waals surface area contributed by atoms with Gasteiger partial charge < -0.3 is 151 Å². The van der Waals surface area contributed by atoms with Crippen LogP contribution >= 0.6 is 12.6 Å². The van der Waals surface area contributed by atoms with Crippen molar-refractivity contribution >= 4 is 143 Å². The molecule has 0 aliphatic carbocycles. The van der Waals surface area contributed by atoms with E-state index in [1.807, 2.05) is 13.8 Å². The molecule has 0 aliphatic heterocycles. The molecule has 0 saturated heterocycles. The lowest BCUT2D eigenvalue weighted by atomic mass is 9.95. The minimum atomic E-state index is -1.74. The fourth-order valence-electron chi connectivity index (χ4n) is 14.3. The molecule has 796 valence electrons. The van der Waals surface area contributed by atoms with Crippen LogP contribution in [0.15, 0.2) is 36.8 Å². The molecule has 0 radical (unpaired) electrons. The van der Waals surface area contributed by atoms with Gasteiger partial charge in [-0.3, -0.25) is 102 Å². The number of imidazole rings is 1. The molecule has 2 rings (SSSR count). The van der Waals surface area contributed by atoms with Gasteiger partial charge in [-0.2, -0.15) is 12.6 Å². The number of hydrogen-bond acceptors (Lipinski definition) is 27. The zero-order valence-electron chi connectivity index (χ0n) is 83.0. The van der Waals surface area contributed by atoms with Crippen molar-refractivity contribution in [3.05, 3.63) is 48.0 Å². The highest BCUT2D eigenvalue weighted by Gasteiger charge is 2.41. The van der Waals surface area contributed by atoms with Crippen molar-refractivity contribution in [2.75, 3.05) is 38.5 Å². The standard InChI is InChI=1S/C90H153N29O22S/c1-13-49(11)72(118-81(133)57(26-29-66(93)121)106-69(124)41-103-75(127)61(36-46(5)6)112-83(135)63(38-51-22-24-53(120)25-23-51)113-79(131)58(27-30-67(94)122)107-74(126)54(92)35-45(3)4)86(138)110-59(28-31-68(95)123)80(132)114-64(39-52-40-100-44-105-52)84(136)119-73(50(12)14-2)87(139)115-62(37-47(7)8)82(134)108-55(20-17-33-101-89(96)97)78(130)116-65(43-142)76(128)104-42-70(125)117-71(48(9)10)85(137)109-56(21-18-34-102-90(98)99)77(129)111-60(88(140)141)19-15-16-32-91/h22-25,40,44-50,54-65,71-73,120,142H,13-21,26-39,41-43,91-92H2,1-12H3,(H2,93,121)(H2,94,122)(H2,95,123)(H,100,105)(H,103,127)(H,104,128)(H,106,124)(H,107,126)(H,108,134)(H,109,137)(H,110,138)(H,111,129)(H,112,135)(H,113,131)(H,114,132)(H,115,139)(H,116,130)(H,117,125)(H,118,133)(H,119,136)(H,140,141)(H4,96,97,101)(H4,98,99,102)/t49-,50-,54-,55-,56-,57-,58-,59-,60-,61-,62-,63-,64-,65-,71-,72-,73-/m0/s1. The number of thiol groups is 1. The lowest BCUT2D eigenvalue weighted by Crippen LogP contribution is -2.62. The molecule has 1 aromatic heterocycles. The Kier molecular flexibility index (Phi) is 57.4. The summed E-state index contributed by atoms with van der Waals surface area (Å²) in [5.41, 5.74) is 39.8. The summed E-state index contributed by atoms with van der Waals surface area (Å²) in [5.74, 6) is -23.4. The Bertz CT molecular complexity index is 4530. The lowest BCUT2D eigenvalue weighted by molar-refractivity contribution is -0.142. The predicted octanol–water partition coefficient (Wildman–Crippen LogP) is -6.40. The first-order chi connectivity index (χ1) is 66.7. The first kappa shape index (κ1) is 125. The molecular formula is C90H153N29O22S. The summed E-state index contributed by atoms with van der Waals surface area (Å²) in [6.07, 6.45) is 0.484. The molecule has 0 saturated carbocycles. The second-order valence-electron chi connectivity index (χ2n) is 36.6. The molecule has 19 amide bonds. The van der Waals surface area contributed by atoms with E-state index in [9.17, 15) is 106 Å². The van der Waals surface area contributed by atoms with E-state index in [2.05, 4.69) is 118 Å². The van der Waals surface area contributed by atoms with Gasteiger partial charge in [0.25, 0.3) is 0 Å². The number of unbranched alkanes of at least 4 members (excludes halogenated alkanes) is 1. The zero-order chi connectivity index (χ0) is 107. The van der Waals surface area contributed by atoms with E-state index in [4.69, 9.17) is 51.0 Å². The molecule has 0 bridgehead atoms. The van der Waals surface area contributed by atoms with Gasteiger partial charge in [0.2, 0.25) is 112 Å². The van der Waals surface area contributed by atoms with E-state index in [1.54, 1.807) is 69.2 Å². The number of aromatic nitrogens is 2. The number of aromatic amines is 1. The van der Waals surface area contributed by atoms with Crippen molar-refractivity contribution < 1.29 is 106 Å². The monoisotopic (exact) mass is 2020 g/mol. The molecule has 1 heterocycles. The summed E-state index contributed by atoms with van der Waals surface area (Å²) in [6.45, 7) is 18.9. The molecule has 142 heavy (non-hydrogen) atoms. The minimum absolute atomic E-state index is 0.00124. The van der Waals surface area contributed by atoms with E-state index >= 15 is 0 Å². The van der Waals surface area contributed by atoms with E-state index in [1.165, 1.54) is 36.8 Å². The van der Waals surface area contributed by atoms with Crippen LogP contribution in [0.1, 0.15) is 210 Å². The minimum Gasteiger partial charge on any atom is -0.508 e. The van der Waals surface area contributed by atoms with Crippen LogP contribution in [-0.4, -0.2) is 279 Å². The maximum Gasteiger partial charge on any atom is 0.326 e. The van der Waals surface area contributed by atoms with Crippen molar-refractivity contribution in [2.24, 2.45) is 75.6 Å². The molecule has 52 heteroatoms. The van der Waals surface area contributed by atoms with E-state index < -0.39 is 277 Å². The summed E-state index contributed by atoms with van der Waals surface area (Å²) in [5, 5.41) is 81.0. The Morgan fingerprint density at radius 1 is 0.387 bits per heavy atom. The number of guanidine groups is 2. The number of nitrogens with one attached hydrogen (secondary N) is 21. The number of aromatic hydroxyl groups is 1. The number of amides is 19. The van der Waals surface area contributed by atoms with Gasteiger partial charge in [0.05, 0.1) is 25.5 Å². The van der Waals surface area contributed by atoms with Crippen LogP contribution in [0.4, 0.5) is 0 Å². The van der Waals surface area contributed by atoms with Gasteiger partial charge in [-0.05, 0) is 143 Å². The van der Waals surface area contributed by atoms with Gasteiger partial charge in [-0.1, -0.05) is 108 Å². The summed E-state index contributed by atoms with van der Waals surface area (Å²) >= 11 is 4.28. The molecule has 1 aromatic carbocycles. The highest BCUT2D eigenvalue weighted by Crippen LogP contribution is 2.19. The largest absolute Gasteiger partial charge is 0.508 e.